The lowest BCUT2D eigenvalue weighted by molar-refractivity contribution is 0.0698. The molecule has 3 unspecified atom stereocenters. The van der Waals surface area contributed by atoms with Crippen LogP contribution in [-0.4, -0.2) is 48.1 Å². The molecule has 0 radical (unpaired) electrons. The van der Waals surface area contributed by atoms with E-state index in [0.717, 1.165) is 24.2 Å². The fourth-order valence-electron chi connectivity index (χ4n) is 3.42. The predicted molar refractivity (Wildman–Crippen MR) is 77.0 cm³/mol. The van der Waals surface area contributed by atoms with Crippen LogP contribution in [0.5, 0.6) is 0 Å². The minimum absolute atomic E-state index is 0.0213. The molecular weight excluding hydrogens is 314 g/mol. The monoisotopic (exact) mass is 331 g/mol. The van der Waals surface area contributed by atoms with Gasteiger partial charge in [0, 0.05) is 19.0 Å². The van der Waals surface area contributed by atoms with Crippen molar-refractivity contribution >= 4 is 27.3 Å². The van der Waals surface area contributed by atoms with E-state index in [1.807, 2.05) is 0 Å². The molecular formula is C13H17NO5S2. The SMILES string of the molecule is Cc1csc(C(=O)O)c1S(=O)(=O)N1CC2CCC(O)C2C1. The van der Waals surface area contributed by atoms with Crippen molar-refractivity contribution in [2.75, 3.05) is 13.1 Å². The fraction of sp³-hybridized carbons (Fsp3) is 0.615. The summed E-state index contributed by atoms with van der Waals surface area (Å²) >= 11 is 0.937. The second kappa shape index (κ2) is 5.05. The Bertz CT molecular complexity index is 681. The van der Waals surface area contributed by atoms with Crippen LogP contribution >= 0.6 is 11.3 Å². The summed E-state index contributed by atoms with van der Waals surface area (Å²) in [6.45, 7) is 2.27. The number of carbonyl (C=O) groups is 1. The average Bonchev–Trinajstić information content (AvgIpc) is 3.05. The molecule has 1 aromatic heterocycles. The van der Waals surface area contributed by atoms with Gasteiger partial charge in [-0.05, 0) is 36.6 Å². The van der Waals surface area contributed by atoms with Crippen molar-refractivity contribution in [3.8, 4) is 0 Å². The average molecular weight is 331 g/mol. The number of rotatable bonds is 3. The number of aryl methyl sites for hydroxylation is 1. The van der Waals surface area contributed by atoms with Gasteiger partial charge in [-0.1, -0.05) is 0 Å². The highest BCUT2D eigenvalue weighted by Gasteiger charge is 2.46. The normalized spacial score (nSPS) is 29.7. The Labute approximate surface area is 127 Å². The zero-order chi connectivity index (χ0) is 15.4. The van der Waals surface area contributed by atoms with Crippen LogP contribution in [0.15, 0.2) is 10.3 Å². The molecule has 1 aliphatic carbocycles. The Morgan fingerprint density at radius 2 is 2.10 bits per heavy atom. The third-order valence-corrected chi connectivity index (χ3v) is 7.73. The van der Waals surface area contributed by atoms with E-state index in [0.29, 0.717) is 12.1 Å². The van der Waals surface area contributed by atoms with Crippen molar-refractivity contribution < 1.29 is 23.4 Å². The first-order valence-electron chi connectivity index (χ1n) is 6.82. The molecule has 3 rings (SSSR count). The molecule has 0 bridgehead atoms. The number of carboxylic acids is 1. The van der Waals surface area contributed by atoms with Crippen LogP contribution in [0.2, 0.25) is 0 Å². The van der Waals surface area contributed by atoms with E-state index in [4.69, 9.17) is 0 Å². The van der Waals surface area contributed by atoms with Crippen molar-refractivity contribution in [1.82, 2.24) is 4.31 Å². The van der Waals surface area contributed by atoms with Gasteiger partial charge in [0.15, 0.2) is 0 Å². The maximum absolute atomic E-state index is 12.8. The third-order valence-electron chi connectivity index (χ3n) is 4.50. The van der Waals surface area contributed by atoms with Crippen LogP contribution < -0.4 is 0 Å². The second-order valence-corrected chi connectivity index (χ2v) is 8.53. The van der Waals surface area contributed by atoms with E-state index < -0.39 is 22.1 Å². The first kappa shape index (κ1) is 15.0. The molecule has 0 spiro atoms. The molecule has 21 heavy (non-hydrogen) atoms. The van der Waals surface area contributed by atoms with Gasteiger partial charge in [-0.25, -0.2) is 13.2 Å². The molecule has 1 saturated heterocycles. The molecule has 6 nitrogen and oxygen atoms in total. The van der Waals surface area contributed by atoms with Gasteiger partial charge in [-0.2, -0.15) is 4.31 Å². The fourth-order valence-corrected chi connectivity index (χ4v) is 6.54. The predicted octanol–water partition coefficient (Wildman–Crippen LogP) is 1.15. The summed E-state index contributed by atoms with van der Waals surface area (Å²) in [4.78, 5) is 11.0. The first-order valence-corrected chi connectivity index (χ1v) is 9.14. The topological polar surface area (TPSA) is 94.9 Å². The van der Waals surface area contributed by atoms with Crippen LogP contribution in [0, 0.1) is 18.8 Å². The smallest absolute Gasteiger partial charge is 0.347 e. The van der Waals surface area contributed by atoms with Crippen LogP contribution in [0.1, 0.15) is 28.1 Å². The molecule has 1 aromatic rings. The van der Waals surface area contributed by atoms with Crippen LogP contribution in [0.3, 0.4) is 0 Å². The van der Waals surface area contributed by atoms with E-state index in [2.05, 4.69) is 0 Å². The highest BCUT2D eigenvalue weighted by molar-refractivity contribution is 7.89. The standard InChI is InChI=1S/C13H17NO5S2/c1-7-6-20-11(13(16)17)12(7)21(18,19)14-4-8-2-3-10(15)9(8)5-14/h6,8-10,15H,2-5H2,1H3,(H,16,17). The number of hydrogen-bond donors (Lipinski definition) is 2. The lowest BCUT2D eigenvalue weighted by atomic mass is 10.00. The number of fused-ring (bicyclic) bond motifs is 1. The molecule has 2 fully saturated rings. The summed E-state index contributed by atoms with van der Waals surface area (Å²) in [7, 11) is -3.82. The summed E-state index contributed by atoms with van der Waals surface area (Å²) in [5.41, 5.74) is 0.468. The van der Waals surface area contributed by atoms with Crippen molar-refractivity contribution in [3.63, 3.8) is 0 Å². The van der Waals surface area contributed by atoms with Gasteiger partial charge < -0.3 is 10.2 Å². The molecule has 0 aromatic carbocycles. The van der Waals surface area contributed by atoms with E-state index in [1.54, 1.807) is 12.3 Å². The third kappa shape index (κ3) is 2.30. The first-order chi connectivity index (χ1) is 9.82. The number of thiophene rings is 1. The van der Waals surface area contributed by atoms with Gasteiger partial charge in [-0.15, -0.1) is 11.3 Å². The van der Waals surface area contributed by atoms with Crippen molar-refractivity contribution in [2.45, 2.75) is 30.8 Å². The van der Waals surface area contributed by atoms with Gasteiger partial charge in [0.05, 0.1) is 6.10 Å². The van der Waals surface area contributed by atoms with E-state index in [9.17, 15) is 23.4 Å². The van der Waals surface area contributed by atoms with E-state index in [-0.39, 0.29) is 28.2 Å². The number of nitrogens with zero attached hydrogens (tertiary/aromatic N) is 1. The summed E-state index contributed by atoms with van der Waals surface area (Å²) in [5, 5.41) is 20.6. The molecule has 8 heteroatoms. The Hall–Kier alpha value is -0.960. The number of carboxylic acid groups (broad SMARTS) is 1. The summed E-state index contributed by atoms with van der Waals surface area (Å²) in [6.07, 6.45) is 1.10. The molecule has 1 saturated carbocycles. The number of aliphatic hydroxyl groups is 1. The molecule has 116 valence electrons. The maximum Gasteiger partial charge on any atom is 0.347 e. The zero-order valence-corrected chi connectivity index (χ0v) is 13.2. The molecule has 2 heterocycles. The number of hydrogen-bond acceptors (Lipinski definition) is 5. The van der Waals surface area contributed by atoms with Gasteiger partial charge in [0.2, 0.25) is 10.0 Å². The molecule has 2 aliphatic rings. The van der Waals surface area contributed by atoms with Gasteiger partial charge >= 0.3 is 5.97 Å². The minimum atomic E-state index is -3.82. The molecule has 0 amide bonds. The lowest BCUT2D eigenvalue weighted by Gasteiger charge is -2.18. The Morgan fingerprint density at radius 3 is 2.71 bits per heavy atom. The molecule has 1 aliphatic heterocycles. The summed E-state index contributed by atoms with van der Waals surface area (Å²) in [5.74, 6) is -1.06. The van der Waals surface area contributed by atoms with Crippen molar-refractivity contribution in [1.29, 1.82) is 0 Å². The molecule has 2 N–H and O–H groups in total. The van der Waals surface area contributed by atoms with Crippen LogP contribution in [0.25, 0.3) is 0 Å². The highest BCUT2D eigenvalue weighted by atomic mass is 32.2. The van der Waals surface area contributed by atoms with Crippen molar-refractivity contribution in [3.05, 3.63) is 15.8 Å². The second-order valence-electron chi connectivity index (χ2n) is 5.77. The Balaban J connectivity index is 1.96. The van der Waals surface area contributed by atoms with Crippen LogP contribution in [0.4, 0.5) is 0 Å². The highest BCUT2D eigenvalue weighted by Crippen LogP contribution is 2.41. The van der Waals surface area contributed by atoms with E-state index >= 15 is 0 Å². The van der Waals surface area contributed by atoms with E-state index in [1.165, 1.54) is 4.31 Å². The summed E-state index contributed by atoms with van der Waals surface area (Å²) < 4.78 is 26.9. The maximum atomic E-state index is 12.8. The number of sulfonamides is 1. The quantitative estimate of drug-likeness (QED) is 0.866. The zero-order valence-electron chi connectivity index (χ0n) is 11.5. The largest absolute Gasteiger partial charge is 0.477 e. The Morgan fingerprint density at radius 1 is 1.38 bits per heavy atom. The lowest BCUT2D eigenvalue weighted by Crippen LogP contribution is -2.32. The van der Waals surface area contributed by atoms with Gasteiger partial charge in [0.25, 0.3) is 0 Å². The van der Waals surface area contributed by atoms with Crippen molar-refractivity contribution in [2.24, 2.45) is 11.8 Å². The van der Waals surface area contributed by atoms with Crippen LogP contribution in [-0.2, 0) is 10.0 Å². The van der Waals surface area contributed by atoms with Gasteiger partial charge in [0.1, 0.15) is 9.77 Å². The summed E-state index contributed by atoms with van der Waals surface area (Å²) in [6, 6.07) is 0. The number of aliphatic hydroxyl groups excluding tert-OH is 1. The number of aromatic carboxylic acids is 1. The van der Waals surface area contributed by atoms with Gasteiger partial charge in [-0.3, -0.25) is 0 Å². The molecule has 3 atom stereocenters. The minimum Gasteiger partial charge on any atom is -0.477 e. The Kier molecular flexibility index (Phi) is 3.59.